The minimum absolute atomic E-state index is 0.206. The molecule has 1 amide bonds. The standard InChI is InChI=1S/C15H20N2O/c16-13-6-10-17(11-7-13)14(18)15(8-9-15)12-4-2-1-3-5-12/h1-5,13H,6-11,16H2. The zero-order valence-corrected chi connectivity index (χ0v) is 10.6. The van der Waals surface area contributed by atoms with Gasteiger partial charge in [-0.15, -0.1) is 0 Å². The molecule has 0 aromatic heterocycles. The molecule has 2 fully saturated rings. The van der Waals surface area contributed by atoms with Crippen molar-refractivity contribution in [2.75, 3.05) is 13.1 Å². The highest BCUT2D eigenvalue weighted by molar-refractivity contribution is 5.91. The van der Waals surface area contributed by atoms with Crippen LogP contribution in [0.15, 0.2) is 30.3 Å². The summed E-state index contributed by atoms with van der Waals surface area (Å²) in [6, 6.07) is 10.5. The fourth-order valence-electron chi connectivity index (χ4n) is 2.91. The van der Waals surface area contributed by atoms with E-state index in [4.69, 9.17) is 5.73 Å². The lowest BCUT2D eigenvalue weighted by molar-refractivity contribution is -0.135. The number of rotatable bonds is 2. The van der Waals surface area contributed by atoms with Gasteiger partial charge in [0.15, 0.2) is 0 Å². The van der Waals surface area contributed by atoms with Crippen molar-refractivity contribution in [3.63, 3.8) is 0 Å². The van der Waals surface area contributed by atoms with Crippen LogP contribution in [0.25, 0.3) is 0 Å². The van der Waals surface area contributed by atoms with Gasteiger partial charge in [0.1, 0.15) is 0 Å². The first kappa shape index (κ1) is 11.7. The van der Waals surface area contributed by atoms with E-state index in [0.29, 0.717) is 5.91 Å². The van der Waals surface area contributed by atoms with Gasteiger partial charge in [-0.2, -0.15) is 0 Å². The van der Waals surface area contributed by atoms with E-state index in [2.05, 4.69) is 12.1 Å². The number of nitrogens with two attached hydrogens (primary N) is 1. The van der Waals surface area contributed by atoms with Crippen LogP contribution in [0.2, 0.25) is 0 Å². The molecule has 3 heteroatoms. The van der Waals surface area contributed by atoms with Crippen molar-refractivity contribution in [3.05, 3.63) is 35.9 Å². The number of likely N-dealkylation sites (tertiary alicyclic amines) is 1. The number of hydrogen-bond donors (Lipinski definition) is 1. The number of nitrogens with zero attached hydrogens (tertiary/aromatic N) is 1. The summed E-state index contributed by atoms with van der Waals surface area (Å²) in [7, 11) is 0. The summed E-state index contributed by atoms with van der Waals surface area (Å²) in [5.74, 6) is 0.320. The van der Waals surface area contributed by atoms with Crippen molar-refractivity contribution < 1.29 is 4.79 Å². The fourth-order valence-corrected chi connectivity index (χ4v) is 2.91. The number of benzene rings is 1. The topological polar surface area (TPSA) is 46.3 Å². The summed E-state index contributed by atoms with van der Waals surface area (Å²) in [5.41, 5.74) is 6.87. The summed E-state index contributed by atoms with van der Waals surface area (Å²) in [6.45, 7) is 1.66. The van der Waals surface area contributed by atoms with Crippen LogP contribution in [0.1, 0.15) is 31.2 Å². The van der Waals surface area contributed by atoms with Gasteiger partial charge in [0.05, 0.1) is 5.41 Å². The molecule has 0 spiro atoms. The normalized spacial score (nSPS) is 22.8. The molecular formula is C15H20N2O. The fraction of sp³-hybridized carbons (Fsp3) is 0.533. The molecule has 96 valence electrons. The predicted octanol–water partition coefficient (Wildman–Crippen LogP) is 1.67. The van der Waals surface area contributed by atoms with Crippen molar-refractivity contribution in [2.24, 2.45) is 5.73 Å². The van der Waals surface area contributed by atoms with Crippen LogP contribution < -0.4 is 5.73 Å². The Balaban J connectivity index is 1.77. The van der Waals surface area contributed by atoms with E-state index >= 15 is 0 Å². The minimum Gasteiger partial charge on any atom is -0.342 e. The third kappa shape index (κ3) is 1.93. The predicted molar refractivity (Wildman–Crippen MR) is 71.1 cm³/mol. The zero-order chi connectivity index (χ0) is 12.6. The smallest absolute Gasteiger partial charge is 0.233 e. The highest BCUT2D eigenvalue weighted by Crippen LogP contribution is 2.49. The molecule has 1 aliphatic carbocycles. The van der Waals surface area contributed by atoms with E-state index in [0.717, 1.165) is 38.8 Å². The van der Waals surface area contributed by atoms with Gasteiger partial charge in [0, 0.05) is 19.1 Å². The SMILES string of the molecule is NC1CCN(C(=O)C2(c3ccccc3)CC2)CC1. The summed E-state index contributed by atoms with van der Waals surface area (Å²) >= 11 is 0. The molecule has 1 aliphatic heterocycles. The largest absolute Gasteiger partial charge is 0.342 e. The second kappa shape index (κ2) is 4.39. The molecule has 1 saturated carbocycles. The maximum Gasteiger partial charge on any atom is 0.233 e. The van der Waals surface area contributed by atoms with Gasteiger partial charge in [-0.1, -0.05) is 30.3 Å². The maximum atomic E-state index is 12.7. The van der Waals surface area contributed by atoms with Crippen LogP contribution in [0.5, 0.6) is 0 Å². The molecule has 3 rings (SSSR count). The Morgan fingerprint density at radius 1 is 1.17 bits per heavy atom. The molecule has 3 nitrogen and oxygen atoms in total. The first-order chi connectivity index (χ1) is 8.72. The number of carbonyl (C=O) groups excluding carboxylic acids is 1. The van der Waals surface area contributed by atoms with Crippen molar-refractivity contribution in [1.29, 1.82) is 0 Å². The Kier molecular flexibility index (Phi) is 2.86. The Labute approximate surface area is 108 Å². The Morgan fingerprint density at radius 3 is 2.33 bits per heavy atom. The lowest BCUT2D eigenvalue weighted by Crippen LogP contribution is -2.46. The summed E-state index contributed by atoms with van der Waals surface area (Å²) in [6.07, 6.45) is 3.88. The molecule has 2 aliphatic rings. The second-order valence-electron chi connectivity index (χ2n) is 5.58. The lowest BCUT2D eigenvalue weighted by Gasteiger charge is -2.33. The van der Waals surface area contributed by atoms with Crippen molar-refractivity contribution in [2.45, 2.75) is 37.1 Å². The molecule has 18 heavy (non-hydrogen) atoms. The van der Waals surface area contributed by atoms with E-state index < -0.39 is 0 Å². The third-order valence-electron chi connectivity index (χ3n) is 4.31. The first-order valence-electron chi connectivity index (χ1n) is 6.83. The quantitative estimate of drug-likeness (QED) is 0.860. The van der Waals surface area contributed by atoms with Crippen LogP contribution in [-0.2, 0) is 10.2 Å². The molecule has 1 heterocycles. The van der Waals surface area contributed by atoms with Crippen molar-refractivity contribution in [1.82, 2.24) is 4.90 Å². The zero-order valence-electron chi connectivity index (χ0n) is 10.6. The van der Waals surface area contributed by atoms with Crippen LogP contribution in [0.3, 0.4) is 0 Å². The van der Waals surface area contributed by atoms with Crippen molar-refractivity contribution in [3.8, 4) is 0 Å². The molecular weight excluding hydrogens is 224 g/mol. The number of amides is 1. The Morgan fingerprint density at radius 2 is 1.78 bits per heavy atom. The van der Waals surface area contributed by atoms with Crippen molar-refractivity contribution >= 4 is 5.91 Å². The Bertz CT molecular complexity index is 431. The van der Waals surface area contributed by atoms with Gasteiger partial charge in [0.25, 0.3) is 0 Å². The summed E-state index contributed by atoms with van der Waals surface area (Å²) in [4.78, 5) is 14.7. The Hall–Kier alpha value is -1.35. The van der Waals surface area contributed by atoms with E-state index in [1.165, 1.54) is 5.56 Å². The van der Waals surface area contributed by atoms with Gasteiger partial charge in [-0.3, -0.25) is 4.79 Å². The maximum absolute atomic E-state index is 12.7. The molecule has 0 atom stereocenters. The van der Waals surface area contributed by atoms with Gasteiger partial charge >= 0.3 is 0 Å². The third-order valence-corrected chi connectivity index (χ3v) is 4.31. The molecule has 0 radical (unpaired) electrons. The summed E-state index contributed by atoms with van der Waals surface area (Å²) in [5, 5.41) is 0. The van der Waals surface area contributed by atoms with E-state index in [1.807, 2.05) is 23.1 Å². The summed E-state index contributed by atoms with van der Waals surface area (Å²) < 4.78 is 0. The van der Waals surface area contributed by atoms with E-state index in [-0.39, 0.29) is 11.5 Å². The monoisotopic (exact) mass is 244 g/mol. The molecule has 1 aromatic rings. The lowest BCUT2D eigenvalue weighted by atomic mass is 9.93. The van der Waals surface area contributed by atoms with Crippen LogP contribution in [0, 0.1) is 0 Å². The van der Waals surface area contributed by atoms with E-state index in [9.17, 15) is 4.79 Å². The van der Waals surface area contributed by atoms with E-state index in [1.54, 1.807) is 0 Å². The molecule has 0 unspecified atom stereocenters. The van der Waals surface area contributed by atoms with Gasteiger partial charge in [-0.25, -0.2) is 0 Å². The second-order valence-corrected chi connectivity index (χ2v) is 5.58. The molecule has 0 bridgehead atoms. The number of piperidine rings is 1. The average Bonchev–Trinajstić information content (AvgIpc) is 3.21. The van der Waals surface area contributed by atoms with Crippen LogP contribution in [-0.4, -0.2) is 29.9 Å². The molecule has 1 saturated heterocycles. The number of hydrogen-bond acceptors (Lipinski definition) is 2. The number of carbonyl (C=O) groups is 1. The highest BCUT2D eigenvalue weighted by Gasteiger charge is 2.53. The van der Waals surface area contributed by atoms with Gasteiger partial charge in [0.2, 0.25) is 5.91 Å². The highest BCUT2D eigenvalue weighted by atomic mass is 16.2. The van der Waals surface area contributed by atoms with Gasteiger partial charge < -0.3 is 10.6 Å². The van der Waals surface area contributed by atoms with Crippen LogP contribution in [0.4, 0.5) is 0 Å². The average molecular weight is 244 g/mol. The van der Waals surface area contributed by atoms with Crippen LogP contribution >= 0.6 is 0 Å². The molecule has 2 N–H and O–H groups in total. The molecule has 1 aromatic carbocycles. The van der Waals surface area contributed by atoms with Gasteiger partial charge in [-0.05, 0) is 31.2 Å². The minimum atomic E-state index is -0.206. The first-order valence-corrected chi connectivity index (χ1v) is 6.83.